The molecular formula is C14H17N3O. The van der Waals surface area contributed by atoms with E-state index in [1.165, 1.54) is 0 Å². The lowest BCUT2D eigenvalue weighted by molar-refractivity contribution is 0.550. The SMILES string of the molecule is CCC(C#N)CNCc1ccc2nc(C)oc2c1. The maximum absolute atomic E-state index is 8.85. The number of oxazole rings is 1. The highest BCUT2D eigenvalue weighted by atomic mass is 16.3. The zero-order valence-corrected chi connectivity index (χ0v) is 10.7. The summed E-state index contributed by atoms with van der Waals surface area (Å²) in [5.74, 6) is 0.770. The van der Waals surface area contributed by atoms with Gasteiger partial charge in [-0.2, -0.15) is 5.26 Å². The Hall–Kier alpha value is -1.86. The summed E-state index contributed by atoms with van der Waals surface area (Å²) in [5.41, 5.74) is 2.85. The van der Waals surface area contributed by atoms with Crippen molar-refractivity contribution in [2.24, 2.45) is 5.92 Å². The van der Waals surface area contributed by atoms with Gasteiger partial charge in [-0.25, -0.2) is 4.98 Å². The van der Waals surface area contributed by atoms with Crippen LogP contribution in [0, 0.1) is 24.2 Å². The number of aryl methyl sites for hydroxylation is 1. The molecule has 18 heavy (non-hydrogen) atoms. The van der Waals surface area contributed by atoms with Gasteiger partial charge < -0.3 is 9.73 Å². The Morgan fingerprint density at radius 1 is 1.50 bits per heavy atom. The molecular weight excluding hydrogens is 226 g/mol. The summed E-state index contributed by atoms with van der Waals surface area (Å²) in [7, 11) is 0. The van der Waals surface area contributed by atoms with Crippen LogP contribution in [0.2, 0.25) is 0 Å². The third-order valence-corrected chi connectivity index (χ3v) is 2.96. The van der Waals surface area contributed by atoms with Crippen LogP contribution in [0.25, 0.3) is 11.1 Å². The standard InChI is InChI=1S/C14H17N3O/c1-3-11(7-15)8-16-9-12-4-5-13-14(6-12)18-10(2)17-13/h4-6,11,16H,3,8-9H2,1-2H3. The first-order chi connectivity index (χ1) is 8.72. The van der Waals surface area contributed by atoms with Crippen LogP contribution in [0.4, 0.5) is 0 Å². The Bertz CT molecular complexity index is 568. The number of aromatic nitrogens is 1. The van der Waals surface area contributed by atoms with E-state index in [9.17, 15) is 0 Å². The number of hydrogen-bond donors (Lipinski definition) is 1. The maximum Gasteiger partial charge on any atom is 0.192 e. The molecule has 0 bridgehead atoms. The van der Waals surface area contributed by atoms with Gasteiger partial charge in [0, 0.05) is 20.0 Å². The van der Waals surface area contributed by atoms with Crippen molar-refractivity contribution in [1.29, 1.82) is 5.26 Å². The Labute approximate surface area is 107 Å². The van der Waals surface area contributed by atoms with Crippen LogP contribution in [-0.2, 0) is 6.54 Å². The minimum atomic E-state index is 0.0845. The number of benzene rings is 1. The molecule has 1 N–H and O–H groups in total. The number of rotatable bonds is 5. The average molecular weight is 243 g/mol. The second-order valence-corrected chi connectivity index (χ2v) is 4.40. The highest BCUT2D eigenvalue weighted by Crippen LogP contribution is 2.16. The predicted octanol–water partition coefficient (Wildman–Crippen LogP) is 2.78. The Balaban J connectivity index is 1.97. The molecule has 1 aromatic heterocycles. The largest absolute Gasteiger partial charge is 0.441 e. The van der Waals surface area contributed by atoms with Gasteiger partial charge in [-0.05, 0) is 24.1 Å². The molecule has 4 heteroatoms. The molecule has 0 aliphatic rings. The van der Waals surface area contributed by atoms with Crippen molar-refractivity contribution < 1.29 is 4.42 Å². The van der Waals surface area contributed by atoms with Gasteiger partial charge in [0.05, 0.1) is 12.0 Å². The molecule has 0 spiro atoms. The topological polar surface area (TPSA) is 61.9 Å². The zero-order chi connectivity index (χ0) is 13.0. The van der Waals surface area contributed by atoms with E-state index in [2.05, 4.69) is 16.4 Å². The molecule has 2 aromatic rings. The van der Waals surface area contributed by atoms with Gasteiger partial charge in [0.15, 0.2) is 11.5 Å². The van der Waals surface area contributed by atoms with Gasteiger partial charge in [0.2, 0.25) is 0 Å². The van der Waals surface area contributed by atoms with E-state index in [-0.39, 0.29) is 5.92 Å². The van der Waals surface area contributed by atoms with Gasteiger partial charge in [0.25, 0.3) is 0 Å². The highest BCUT2D eigenvalue weighted by molar-refractivity contribution is 5.73. The van der Waals surface area contributed by atoms with Crippen LogP contribution in [0.15, 0.2) is 22.6 Å². The van der Waals surface area contributed by atoms with Crippen molar-refractivity contribution in [3.05, 3.63) is 29.7 Å². The summed E-state index contributed by atoms with van der Waals surface area (Å²) >= 11 is 0. The van der Waals surface area contributed by atoms with E-state index in [1.54, 1.807) is 0 Å². The molecule has 94 valence electrons. The van der Waals surface area contributed by atoms with E-state index < -0.39 is 0 Å². The van der Waals surface area contributed by atoms with Crippen LogP contribution >= 0.6 is 0 Å². The van der Waals surface area contributed by atoms with Crippen LogP contribution in [-0.4, -0.2) is 11.5 Å². The first-order valence-corrected chi connectivity index (χ1v) is 6.19. The number of nitrogens with zero attached hydrogens (tertiary/aromatic N) is 2. The summed E-state index contributed by atoms with van der Waals surface area (Å²) < 4.78 is 5.49. The van der Waals surface area contributed by atoms with Gasteiger partial charge in [-0.15, -0.1) is 0 Å². The summed E-state index contributed by atoms with van der Waals surface area (Å²) in [4.78, 5) is 4.26. The summed E-state index contributed by atoms with van der Waals surface area (Å²) in [6, 6.07) is 8.27. The fraction of sp³-hybridized carbons (Fsp3) is 0.429. The monoisotopic (exact) mass is 243 g/mol. The number of nitrogens with one attached hydrogen (secondary N) is 1. The second kappa shape index (κ2) is 5.65. The zero-order valence-electron chi connectivity index (χ0n) is 10.7. The van der Waals surface area contributed by atoms with Gasteiger partial charge in [0.1, 0.15) is 5.52 Å². The summed E-state index contributed by atoms with van der Waals surface area (Å²) in [6.45, 7) is 5.34. The Morgan fingerprint density at radius 2 is 2.33 bits per heavy atom. The van der Waals surface area contributed by atoms with Crippen LogP contribution in [0.3, 0.4) is 0 Å². The maximum atomic E-state index is 8.85. The summed E-state index contributed by atoms with van der Waals surface area (Å²) in [5, 5.41) is 12.1. The van der Waals surface area contributed by atoms with Crippen LogP contribution in [0.5, 0.6) is 0 Å². The molecule has 2 rings (SSSR count). The Morgan fingerprint density at radius 3 is 3.06 bits per heavy atom. The molecule has 0 aliphatic carbocycles. The van der Waals surface area contributed by atoms with E-state index in [0.29, 0.717) is 5.89 Å². The van der Waals surface area contributed by atoms with Crippen molar-refractivity contribution in [2.75, 3.05) is 6.54 Å². The van der Waals surface area contributed by atoms with Crippen molar-refractivity contribution >= 4 is 11.1 Å². The fourth-order valence-electron chi connectivity index (χ4n) is 1.87. The van der Waals surface area contributed by atoms with Crippen molar-refractivity contribution in [1.82, 2.24) is 10.3 Å². The first kappa shape index (κ1) is 12.6. The fourth-order valence-corrected chi connectivity index (χ4v) is 1.87. The van der Waals surface area contributed by atoms with Crippen molar-refractivity contribution in [3.63, 3.8) is 0 Å². The minimum Gasteiger partial charge on any atom is -0.441 e. The lowest BCUT2D eigenvalue weighted by Gasteiger charge is -2.07. The van der Waals surface area contributed by atoms with Crippen molar-refractivity contribution in [3.8, 4) is 6.07 Å². The van der Waals surface area contributed by atoms with E-state index in [4.69, 9.17) is 9.68 Å². The van der Waals surface area contributed by atoms with Crippen LogP contribution in [0.1, 0.15) is 24.8 Å². The first-order valence-electron chi connectivity index (χ1n) is 6.19. The van der Waals surface area contributed by atoms with Gasteiger partial charge in [-0.1, -0.05) is 13.0 Å². The molecule has 0 saturated heterocycles. The molecule has 0 fully saturated rings. The number of nitriles is 1. The Kier molecular flexibility index (Phi) is 3.96. The quantitative estimate of drug-likeness (QED) is 0.877. The molecule has 0 aliphatic heterocycles. The van der Waals surface area contributed by atoms with E-state index in [1.807, 2.05) is 32.0 Å². The molecule has 0 amide bonds. The van der Waals surface area contributed by atoms with Crippen molar-refractivity contribution in [2.45, 2.75) is 26.8 Å². The third-order valence-electron chi connectivity index (χ3n) is 2.96. The molecule has 0 radical (unpaired) electrons. The average Bonchev–Trinajstić information content (AvgIpc) is 2.74. The number of fused-ring (bicyclic) bond motifs is 1. The molecule has 1 heterocycles. The van der Waals surface area contributed by atoms with Crippen LogP contribution < -0.4 is 5.32 Å². The second-order valence-electron chi connectivity index (χ2n) is 4.40. The lowest BCUT2D eigenvalue weighted by atomic mass is 10.1. The highest BCUT2D eigenvalue weighted by Gasteiger charge is 2.05. The molecule has 0 saturated carbocycles. The molecule has 1 unspecified atom stereocenters. The molecule has 1 atom stereocenters. The van der Waals surface area contributed by atoms with E-state index in [0.717, 1.165) is 36.2 Å². The van der Waals surface area contributed by atoms with Gasteiger partial charge >= 0.3 is 0 Å². The van der Waals surface area contributed by atoms with E-state index >= 15 is 0 Å². The minimum absolute atomic E-state index is 0.0845. The third kappa shape index (κ3) is 2.88. The normalized spacial score (nSPS) is 12.5. The molecule has 1 aromatic carbocycles. The smallest absolute Gasteiger partial charge is 0.192 e. The number of hydrogen-bond acceptors (Lipinski definition) is 4. The summed E-state index contributed by atoms with van der Waals surface area (Å²) in [6.07, 6.45) is 0.879. The predicted molar refractivity (Wildman–Crippen MR) is 69.8 cm³/mol. The lowest BCUT2D eigenvalue weighted by Crippen LogP contribution is -2.21. The van der Waals surface area contributed by atoms with Gasteiger partial charge in [-0.3, -0.25) is 0 Å². The molecule has 4 nitrogen and oxygen atoms in total.